The van der Waals surface area contributed by atoms with Crippen LogP contribution in [-0.4, -0.2) is 36.1 Å². The van der Waals surface area contributed by atoms with Crippen molar-refractivity contribution in [3.8, 4) is 11.3 Å². The van der Waals surface area contributed by atoms with Gasteiger partial charge in [0.2, 0.25) is 0 Å². The minimum absolute atomic E-state index is 0.356. The van der Waals surface area contributed by atoms with Gasteiger partial charge in [-0.1, -0.05) is 0 Å². The van der Waals surface area contributed by atoms with Gasteiger partial charge in [0.25, 0.3) is 0 Å². The summed E-state index contributed by atoms with van der Waals surface area (Å²) < 4.78 is 26.6. The van der Waals surface area contributed by atoms with Gasteiger partial charge in [0, 0.05) is 43.2 Å². The second-order valence-corrected chi connectivity index (χ2v) is 5.72. The SMILES string of the molecule is Fc1ccc(-c2csc(CN3CCNCC3)n2)c(F)c1. The molecule has 106 valence electrons. The van der Waals surface area contributed by atoms with Gasteiger partial charge < -0.3 is 5.32 Å². The number of hydrogen-bond donors (Lipinski definition) is 1. The molecule has 1 saturated heterocycles. The van der Waals surface area contributed by atoms with Crippen molar-refractivity contribution in [2.24, 2.45) is 0 Å². The Morgan fingerprint density at radius 1 is 1.25 bits per heavy atom. The van der Waals surface area contributed by atoms with Gasteiger partial charge in [0.15, 0.2) is 0 Å². The third-order valence-electron chi connectivity index (χ3n) is 3.33. The van der Waals surface area contributed by atoms with Crippen LogP contribution in [0.5, 0.6) is 0 Å². The van der Waals surface area contributed by atoms with Crippen LogP contribution >= 0.6 is 11.3 Å². The Kier molecular flexibility index (Phi) is 4.05. The van der Waals surface area contributed by atoms with Gasteiger partial charge in [0.1, 0.15) is 16.6 Å². The normalized spacial score (nSPS) is 16.5. The van der Waals surface area contributed by atoms with E-state index in [9.17, 15) is 8.78 Å². The van der Waals surface area contributed by atoms with E-state index in [-0.39, 0.29) is 0 Å². The quantitative estimate of drug-likeness (QED) is 0.943. The molecule has 0 spiro atoms. The van der Waals surface area contributed by atoms with Gasteiger partial charge in [0.05, 0.1) is 12.2 Å². The Labute approximate surface area is 120 Å². The summed E-state index contributed by atoms with van der Waals surface area (Å²) in [5.41, 5.74) is 0.937. The van der Waals surface area contributed by atoms with E-state index in [4.69, 9.17) is 0 Å². The first kappa shape index (κ1) is 13.6. The highest BCUT2D eigenvalue weighted by molar-refractivity contribution is 7.09. The molecule has 6 heteroatoms. The zero-order chi connectivity index (χ0) is 13.9. The Balaban J connectivity index is 1.75. The molecule has 0 bridgehead atoms. The van der Waals surface area contributed by atoms with Crippen LogP contribution in [0.15, 0.2) is 23.6 Å². The molecule has 0 radical (unpaired) electrons. The number of halogens is 2. The molecule has 1 fully saturated rings. The summed E-state index contributed by atoms with van der Waals surface area (Å²) >= 11 is 1.52. The fourth-order valence-corrected chi connectivity index (χ4v) is 3.10. The Bertz CT molecular complexity index is 594. The minimum Gasteiger partial charge on any atom is -0.314 e. The maximum Gasteiger partial charge on any atom is 0.135 e. The van der Waals surface area contributed by atoms with Crippen LogP contribution in [0.3, 0.4) is 0 Å². The highest BCUT2D eigenvalue weighted by Crippen LogP contribution is 2.25. The standard InChI is InChI=1S/C14H15F2N3S/c15-10-1-2-11(12(16)7-10)13-9-20-14(18-13)8-19-5-3-17-4-6-19/h1-2,7,9,17H,3-6,8H2. The molecule has 0 unspecified atom stereocenters. The van der Waals surface area contributed by atoms with E-state index in [1.807, 2.05) is 5.38 Å². The molecule has 0 amide bonds. The fraction of sp³-hybridized carbons (Fsp3) is 0.357. The van der Waals surface area contributed by atoms with E-state index in [1.54, 1.807) is 0 Å². The predicted molar refractivity (Wildman–Crippen MR) is 75.6 cm³/mol. The maximum absolute atomic E-state index is 13.7. The van der Waals surface area contributed by atoms with Gasteiger partial charge >= 0.3 is 0 Å². The maximum atomic E-state index is 13.7. The second-order valence-electron chi connectivity index (χ2n) is 4.78. The topological polar surface area (TPSA) is 28.2 Å². The highest BCUT2D eigenvalue weighted by Gasteiger charge is 2.14. The lowest BCUT2D eigenvalue weighted by molar-refractivity contribution is 0.233. The van der Waals surface area contributed by atoms with Crippen LogP contribution in [-0.2, 0) is 6.54 Å². The van der Waals surface area contributed by atoms with Crippen molar-refractivity contribution < 1.29 is 8.78 Å². The van der Waals surface area contributed by atoms with Gasteiger partial charge in [-0.15, -0.1) is 11.3 Å². The molecule has 2 heterocycles. The van der Waals surface area contributed by atoms with Crippen molar-refractivity contribution >= 4 is 11.3 Å². The lowest BCUT2D eigenvalue weighted by Gasteiger charge is -2.26. The van der Waals surface area contributed by atoms with Gasteiger partial charge in [-0.25, -0.2) is 13.8 Å². The van der Waals surface area contributed by atoms with Crippen LogP contribution in [0.1, 0.15) is 5.01 Å². The average Bonchev–Trinajstić information content (AvgIpc) is 2.88. The smallest absolute Gasteiger partial charge is 0.135 e. The zero-order valence-electron chi connectivity index (χ0n) is 10.9. The van der Waals surface area contributed by atoms with Crippen molar-refractivity contribution in [2.45, 2.75) is 6.54 Å². The first-order valence-corrected chi connectivity index (χ1v) is 7.43. The molecule has 20 heavy (non-hydrogen) atoms. The molecule has 0 atom stereocenters. The molecule has 1 aromatic carbocycles. The van der Waals surface area contributed by atoms with Crippen LogP contribution in [0, 0.1) is 11.6 Å². The largest absolute Gasteiger partial charge is 0.314 e. The van der Waals surface area contributed by atoms with Gasteiger partial charge in [-0.3, -0.25) is 4.90 Å². The monoisotopic (exact) mass is 295 g/mol. The molecule has 3 nitrogen and oxygen atoms in total. The Morgan fingerprint density at radius 3 is 2.80 bits per heavy atom. The first-order valence-electron chi connectivity index (χ1n) is 6.55. The lowest BCUT2D eigenvalue weighted by Crippen LogP contribution is -2.42. The first-order chi connectivity index (χ1) is 9.72. The molecule has 1 aromatic heterocycles. The summed E-state index contributed by atoms with van der Waals surface area (Å²) in [6.07, 6.45) is 0. The third kappa shape index (κ3) is 3.03. The molecule has 1 aliphatic rings. The van der Waals surface area contributed by atoms with Gasteiger partial charge in [-0.05, 0) is 12.1 Å². The number of aromatic nitrogens is 1. The van der Waals surface area contributed by atoms with Crippen LogP contribution in [0.2, 0.25) is 0 Å². The van der Waals surface area contributed by atoms with E-state index < -0.39 is 11.6 Å². The molecule has 3 rings (SSSR count). The minimum atomic E-state index is -0.567. The van der Waals surface area contributed by atoms with Crippen molar-refractivity contribution in [1.29, 1.82) is 0 Å². The van der Waals surface area contributed by atoms with Crippen molar-refractivity contribution in [1.82, 2.24) is 15.2 Å². The summed E-state index contributed by atoms with van der Waals surface area (Å²) in [5.74, 6) is -1.13. The summed E-state index contributed by atoms with van der Waals surface area (Å²) in [7, 11) is 0. The Morgan fingerprint density at radius 2 is 2.05 bits per heavy atom. The number of rotatable bonds is 3. The summed E-state index contributed by atoms with van der Waals surface area (Å²) in [6, 6.07) is 3.59. The van der Waals surface area contributed by atoms with Crippen molar-refractivity contribution in [3.63, 3.8) is 0 Å². The van der Waals surface area contributed by atoms with E-state index in [2.05, 4.69) is 15.2 Å². The molecule has 0 aliphatic carbocycles. The molecule has 1 aliphatic heterocycles. The molecule has 2 aromatic rings. The van der Waals surface area contributed by atoms with E-state index in [0.29, 0.717) is 11.3 Å². The Hall–Kier alpha value is -1.37. The molecular weight excluding hydrogens is 280 g/mol. The van der Waals surface area contributed by atoms with Crippen molar-refractivity contribution in [2.75, 3.05) is 26.2 Å². The zero-order valence-corrected chi connectivity index (χ0v) is 11.7. The highest BCUT2D eigenvalue weighted by atomic mass is 32.1. The average molecular weight is 295 g/mol. The second kappa shape index (κ2) is 5.95. The van der Waals surface area contributed by atoms with Crippen molar-refractivity contribution in [3.05, 3.63) is 40.2 Å². The lowest BCUT2D eigenvalue weighted by atomic mass is 10.1. The number of nitrogens with zero attached hydrogens (tertiary/aromatic N) is 2. The number of benzene rings is 1. The molecular formula is C14H15F2N3S. The van der Waals surface area contributed by atoms with E-state index >= 15 is 0 Å². The van der Waals surface area contributed by atoms with Crippen LogP contribution in [0.4, 0.5) is 8.78 Å². The van der Waals surface area contributed by atoms with E-state index in [1.165, 1.54) is 23.5 Å². The predicted octanol–water partition coefficient (Wildman–Crippen LogP) is 2.49. The number of hydrogen-bond acceptors (Lipinski definition) is 4. The van der Waals surface area contributed by atoms with E-state index in [0.717, 1.165) is 43.8 Å². The number of thiazole rings is 1. The number of nitrogens with one attached hydrogen (secondary N) is 1. The molecule has 0 saturated carbocycles. The van der Waals surface area contributed by atoms with Crippen LogP contribution in [0.25, 0.3) is 11.3 Å². The summed E-state index contributed by atoms with van der Waals surface area (Å²) in [5, 5.41) is 6.09. The number of piperazine rings is 1. The summed E-state index contributed by atoms with van der Waals surface area (Å²) in [4.78, 5) is 6.78. The van der Waals surface area contributed by atoms with Crippen LogP contribution < -0.4 is 5.32 Å². The molecule has 1 N–H and O–H groups in total. The van der Waals surface area contributed by atoms with Gasteiger partial charge in [-0.2, -0.15) is 0 Å². The fourth-order valence-electron chi connectivity index (χ4n) is 2.26. The third-order valence-corrected chi connectivity index (χ3v) is 4.16. The summed E-state index contributed by atoms with van der Waals surface area (Å²) in [6.45, 7) is 4.77.